The van der Waals surface area contributed by atoms with E-state index in [4.69, 9.17) is 11.6 Å². The number of benzene rings is 1. The summed E-state index contributed by atoms with van der Waals surface area (Å²) in [5.41, 5.74) is 0.351. The molecule has 0 aliphatic rings. The number of carbonyl (C=O) groups is 1. The van der Waals surface area contributed by atoms with Crippen molar-refractivity contribution in [2.24, 2.45) is 0 Å². The number of rotatable bonds is 6. The molecule has 0 atom stereocenters. The standard InChI is InChI=1S/C14H19ClINO2/c1-3-11(4-2)17(8-7-15)14(19)12-9-10(16)5-6-13(12)18/h5-6,9,11,18H,3-4,7-8H2,1-2H3. The lowest BCUT2D eigenvalue weighted by molar-refractivity contribution is 0.0678. The zero-order valence-corrected chi connectivity index (χ0v) is 14.1. The van der Waals surface area contributed by atoms with Gasteiger partial charge in [0.15, 0.2) is 0 Å². The van der Waals surface area contributed by atoms with Gasteiger partial charge in [0.05, 0.1) is 5.56 Å². The predicted molar refractivity (Wildman–Crippen MR) is 87.0 cm³/mol. The summed E-state index contributed by atoms with van der Waals surface area (Å²) in [5, 5.41) is 9.87. The van der Waals surface area contributed by atoms with Crippen LogP contribution >= 0.6 is 34.2 Å². The van der Waals surface area contributed by atoms with Gasteiger partial charge in [-0.15, -0.1) is 11.6 Å². The zero-order chi connectivity index (χ0) is 14.4. The van der Waals surface area contributed by atoms with E-state index in [1.54, 1.807) is 23.1 Å². The predicted octanol–water partition coefficient (Wildman–Crippen LogP) is 3.87. The molecule has 1 amide bonds. The third kappa shape index (κ3) is 4.24. The largest absolute Gasteiger partial charge is 0.507 e. The van der Waals surface area contributed by atoms with Crippen LogP contribution in [0.2, 0.25) is 0 Å². The van der Waals surface area contributed by atoms with Crippen LogP contribution in [0.15, 0.2) is 18.2 Å². The van der Waals surface area contributed by atoms with E-state index in [9.17, 15) is 9.90 Å². The Hall–Kier alpha value is -0.490. The molecule has 0 heterocycles. The van der Waals surface area contributed by atoms with E-state index in [2.05, 4.69) is 36.4 Å². The summed E-state index contributed by atoms with van der Waals surface area (Å²) >= 11 is 7.93. The first kappa shape index (κ1) is 16.6. The summed E-state index contributed by atoms with van der Waals surface area (Å²) in [6.07, 6.45) is 1.76. The average Bonchev–Trinajstić information content (AvgIpc) is 2.41. The quantitative estimate of drug-likeness (QED) is 0.587. The number of carbonyl (C=O) groups excluding carboxylic acids is 1. The molecular weight excluding hydrogens is 377 g/mol. The minimum Gasteiger partial charge on any atom is -0.507 e. The van der Waals surface area contributed by atoms with Crippen LogP contribution in [0.5, 0.6) is 5.75 Å². The van der Waals surface area contributed by atoms with Gasteiger partial charge in [0.1, 0.15) is 5.75 Å². The van der Waals surface area contributed by atoms with Crippen LogP contribution < -0.4 is 0 Å². The van der Waals surface area contributed by atoms with Gasteiger partial charge in [-0.3, -0.25) is 4.79 Å². The molecule has 1 aromatic rings. The van der Waals surface area contributed by atoms with Crippen LogP contribution in [-0.4, -0.2) is 34.4 Å². The highest BCUT2D eigenvalue weighted by Crippen LogP contribution is 2.23. The highest BCUT2D eigenvalue weighted by atomic mass is 127. The van der Waals surface area contributed by atoms with Crippen molar-refractivity contribution in [1.29, 1.82) is 0 Å². The molecule has 0 bridgehead atoms. The van der Waals surface area contributed by atoms with Crippen LogP contribution in [0.4, 0.5) is 0 Å². The average molecular weight is 396 g/mol. The Bertz CT molecular complexity index is 435. The molecule has 0 saturated carbocycles. The molecule has 106 valence electrons. The Morgan fingerprint density at radius 2 is 2.05 bits per heavy atom. The topological polar surface area (TPSA) is 40.5 Å². The molecule has 0 aromatic heterocycles. The van der Waals surface area contributed by atoms with Crippen LogP contribution in [0.3, 0.4) is 0 Å². The third-order valence-electron chi connectivity index (χ3n) is 3.16. The van der Waals surface area contributed by atoms with E-state index < -0.39 is 0 Å². The second-order valence-corrected chi connectivity index (χ2v) is 5.94. The number of phenols is 1. The highest BCUT2D eigenvalue weighted by molar-refractivity contribution is 14.1. The monoisotopic (exact) mass is 395 g/mol. The Morgan fingerprint density at radius 1 is 1.42 bits per heavy atom. The summed E-state index contributed by atoms with van der Waals surface area (Å²) in [4.78, 5) is 14.3. The Balaban J connectivity index is 3.08. The van der Waals surface area contributed by atoms with Gasteiger partial charge >= 0.3 is 0 Å². The number of hydrogen-bond acceptors (Lipinski definition) is 2. The van der Waals surface area contributed by atoms with Crippen molar-refractivity contribution in [3.8, 4) is 5.75 Å². The van der Waals surface area contributed by atoms with Crippen molar-refractivity contribution in [3.05, 3.63) is 27.3 Å². The molecule has 19 heavy (non-hydrogen) atoms. The van der Waals surface area contributed by atoms with Crippen molar-refractivity contribution in [2.45, 2.75) is 32.7 Å². The van der Waals surface area contributed by atoms with Gasteiger partial charge in [-0.25, -0.2) is 0 Å². The van der Waals surface area contributed by atoms with Crippen LogP contribution in [0.1, 0.15) is 37.0 Å². The second-order valence-electron chi connectivity index (χ2n) is 4.32. The summed E-state index contributed by atoms with van der Waals surface area (Å²) in [5.74, 6) is 0.272. The van der Waals surface area contributed by atoms with Gasteiger partial charge in [0.2, 0.25) is 0 Å². The van der Waals surface area contributed by atoms with E-state index in [0.717, 1.165) is 16.4 Å². The Labute approximate surface area is 133 Å². The fourth-order valence-corrected chi connectivity index (χ4v) is 2.78. The maximum atomic E-state index is 12.6. The van der Waals surface area contributed by atoms with Crippen LogP contribution in [0.25, 0.3) is 0 Å². The van der Waals surface area contributed by atoms with E-state index in [1.807, 2.05) is 0 Å². The van der Waals surface area contributed by atoms with E-state index in [-0.39, 0.29) is 17.7 Å². The molecular formula is C14H19ClINO2. The Kier molecular flexibility index (Phi) is 6.93. The normalized spacial score (nSPS) is 10.8. The molecule has 1 rings (SSSR count). The lowest BCUT2D eigenvalue weighted by Crippen LogP contribution is -2.41. The van der Waals surface area contributed by atoms with E-state index >= 15 is 0 Å². The van der Waals surface area contributed by atoms with E-state index in [0.29, 0.717) is 18.0 Å². The maximum Gasteiger partial charge on any atom is 0.257 e. The third-order valence-corrected chi connectivity index (χ3v) is 4.00. The fourth-order valence-electron chi connectivity index (χ4n) is 2.10. The zero-order valence-electron chi connectivity index (χ0n) is 11.2. The molecule has 1 aromatic carbocycles. The summed E-state index contributed by atoms with van der Waals surface area (Å²) < 4.78 is 0.925. The van der Waals surface area contributed by atoms with Gasteiger partial charge in [-0.2, -0.15) is 0 Å². The van der Waals surface area contributed by atoms with Gasteiger partial charge in [-0.05, 0) is 53.6 Å². The minimum absolute atomic E-state index is 0.0240. The highest BCUT2D eigenvalue weighted by Gasteiger charge is 2.24. The molecule has 0 unspecified atom stereocenters. The first-order valence-electron chi connectivity index (χ1n) is 6.40. The van der Waals surface area contributed by atoms with Crippen molar-refractivity contribution in [1.82, 2.24) is 4.90 Å². The molecule has 5 heteroatoms. The number of nitrogens with zero attached hydrogens (tertiary/aromatic N) is 1. The molecule has 0 saturated heterocycles. The van der Waals surface area contributed by atoms with Crippen molar-refractivity contribution < 1.29 is 9.90 Å². The number of amides is 1. The molecule has 0 spiro atoms. The minimum atomic E-state index is -0.148. The van der Waals surface area contributed by atoms with Crippen molar-refractivity contribution >= 4 is 40.1 Å². The number of phenolic OH excluding ortho intramolecular Hbond substituents is 1. The number of alkyl halides is 1. The van der Waals surface area contributed by atoms with Crippen molar-refractivity contribution in [2.75, 3.05) is 12.4 Å². The van der Waals surface area contributed by atoms with Gasteiger partial charge in [-0.1, -0.05) is 13.8 Å². The lowest BCUT2D eigenvalue weighted by atomic mass is 10.1. The lowest BCUT2D eigenvalue weighted by Gasteiger charge is -2.30. The first-order valence-corrected chi connectivity index (χ1v) is 8.01. The van der Waals surface area contributed by atoms with Gasteiger partial charge in [0.25, 0.3) is 5.91 Å². The summed E-state index contributed by atoms with van der Waals surface area (Å²) in [7, 11) is 0. The smallest absolute Gasteiger partial charge is 0.257 e. The molecule has 0 aliphatic carbocycles. The number of aromatic hydroxyl groups is 1. The Morgan fingerprint density at radius 3 is 2.58 bits per heavy atom. The number of hydrogen-bond donors (Lipinski definition) is 1. The second kappa shape index (κ2) is 7.94. The maximum absolute atomic E-state index is 12.6. The fraction of sp³-hybridized carbons (Fsp3) is 0.500. The molecule has 0 aliphatic heterocycles. The summed E-state index contributed by atoms with van der Waals surface area (Å²) in [6, 6.07) is 5.20. The van der Waals surface area contributed by atoms with E-state index in [1.165, 1.54) is 0 Å². The molecule has 3 nitrogen and oxygen atoms in total. The SMILES string of the molecule is CCC(CC)N(CCCl)C(=O)c1cc(I)ccc1O. The van der Waals surface area contributed by atoms with Gasteiger partial charge < -0.3 is 10.0 Å². The first-order chi connectivity index (χ1) is 9.04. The molecule has 0 fully saturated rings. The molecule has 0 radical (unpaired) electrons. The van der Waals surface area contributed by atoms with Gasteiger partial charge in [0, 0.05) is 22.0 Å². The van der Waals surface area contributed by atoms with Crippen LogP contribution in [-0.2, 0) is 0 Å². The molecule has 1 N–H and O–H groups in total. The van der Waals surface area contributed by atoms with Crippen molar-refractivity contribution in [3.63, 3.8) is 0 Å². The number of halogens is 2. The summed E-state index contributed by atoms with van der Waals surface area (Å²) in [6.45, 7) is 4.60. The van der Waals surface area contributed by atoms with Crippen LogP contribution in [0, 0.1) is 3.57 Å².